The van der Waals surface area contributed by atoms with Crippen molar-refractivity contribution in [3.05, 3.63) is 54.1 Å². The molecule has 2 rings (SSSR count). The zero-order valence-corrected chi connectivity index (χ0v) is 17.1. The lowest BCUT2D eigenvalue weighted by Crippen LogP contribution is -2.47. The van der Waals surface area contributed by atoms with Gasteiger partial charge in [0, 0.05) is 17.3 Å². The monoisotopic (exact) mass is 404 g/mol. The molecule has 7 nitrogen and oxygen atoms in total. The number of anilines is 2. The lowest BCUT2D eigenvalue weighted by molar-refractivity contribution is -0.117. The standard InChI is InChI=1S/C20H24N2O5S/c1-5-19(20(24)21-16-9-6-8-15(12-16)14(2)23)22(28(4,25)26)17-10-7-11-18(13-17)27-3/h6-13,19H,5H2,1-4H3,(H,21,24)/t19-/m0/s1. The van der Waals surface area contributed by atoms with Crippen molar-refractivity contribution in [1.29, 1.82) is 0 Å². The summed E-state index contributed by atoms with van der Waals surface area (Å²) in [5.74, 6) is -0.135. The number of Topliss-reactive ketones (excluding diaryl/α,β-unsaturated/α-hetero) is 1. The van der Waals surface area contributed by atoms with E-state index < -0.39 is 22.0 Å². The molecule has 1 amide bonds. The molecule has 0 saturated heterocycles. The van der Waals surface area contributed by atoms with Crippen LogP contribution in [-0.4, -0.2) is 39.5 Å². The second-order valence-electron chi connectivity index (χ2n) is 6.31. The molecule has 0 radical (unpaired) electrons. The molecule has 0 heterocycles. The normalized spacial score (nSPS) is 12.1. The predicted octanol–water partition coefficient (Wildman–Crippen LogP) is 3.08. The van der Waals surface area contributed by atoms with Crippen LogP contribution in [0.3, 0.4) is 0 Å². The zero-order valence-electron chi connectivity index (χ0n) is 16.3. The fourth-order valence-corrected chi connectivity index (χ4v) is 4.05. The number of benzene rings is 2. The van der Waals surface area contributed by atoms with Gasteiger partial charge < -0.3 is 10.1 Å². The Hall–Kier alpha value is -2.87. The number of nitrogens with one attached hydrogen (secondary N) is 1. The summed E-state index contributed by atoms with van der Waals surface area (Å²) in [6.07, 6.45) is 1.31. The summed E-state index contributed by atoms with van der Waals surface area (Å²) < 4.78 is 31.2. The van der Waals surface area contributed by atoms with Gasteiger partial charge in [-0.2, -0.15) is 0 Å². The van der Waals surface area contributed by atoms with E-state index in [4.69, 9.17) is 4.74 Å². The van der Waals surface area contributed by atoms with Crippen LogP contribution < -0.4 is 14.4 Å². The van der Waals surface area contributed by atoms with Crippen LogP contribution in [0.15, 0.2) is 48.5 Å². The van der Waals surface area contributed by atoms with E-state index >= 15 is 0 Å². The summed E-state index contributed by atoms with van der Waals surface area (Å²) >= 11 is 0. The Bertz CT molecular complexity index is 972. The van der Waals surface area contributed by atoms with Crippen LogP contribution in [0.4, 0.5) is 11.4 Å². The molecule has 2 aromatic carbocycles. The van der Waals surface area contributed by atoms with Crippen LogP contribution in [0.2, 0.25) is 0 Å². The first-order chi connectivity index (χ1) is 13.2. The van der Waals surface area contributed by atoms with Gasteiger partial charge in [-0.15, -0.1) is 0 Å². The Kier molecular flexibility index (Phi) is 6.80. The summed E-state index contributed by atoms with van der Waals surface area (Å²) in [5.41, 5.74) is 1.22. The summed E-state index contributed by atoms with van der Waals surface area (Å²) in [5, 5.41) is 2.71. The third-order valence-corrected chi connectivity index (χ3v) is 5.35. The highest BCUT2D eigenvalue weighted by Crippen LogP contribution is 2.27. The van der Waals surface area contributed by atoms with Crippen LogP contribution in [-0.2, 0) is 14.8 Å². The highest BCUT2D eigenvalue weighted by molar-refractivity contribution is 7.92. The van der Waals surface area contributed by atoms with Gasteiger partial charge in [0.15, 0.2) is 5.78 Å². The van der Waals surface area contributed by atoms with Crippen molar-refractivity contribution >= 4 is 33.1 Å². The maximum atomic E-state index is 12.9. The molecule has 2 aromatic rings. The predicted molar refractivity (Wildman–Crippen MR) is 109 cm³/mol. The fourth-order valence-electron chi connectivity index (χ4n) is 2.85. The molecule has 0 aromatic heterocycles. The number of carbonyl (C=O) groups excluding carboxylic acids is 2. The number of nitrogens with zero attached hydrogens (tertiary/aromatic N) is 1. The van der Waals surface area contributed by atoms with Crippen LogP contribution in [0.1, 0.15) is 30.6 Å². The lowest BCUT2D eigenvalue weighted by atomic mass is 10.1. The molecular weight excluding hydrogens is 380 g/mol. The van der Waals surface area contributed by atoms with Gasteiger partial charge in [0.25, 0.3) is 0 Å². The molecule has 0 unspecified atom stereocenters. The van der Waals surface area contributed by atoms with Crippen LogP contribution in [0.5, 0.6) is 5.75 Å². The quantitative estimate of drug-likeness (QED) is 0.683. The number of rotatable bonds is 8. The minimum absolute atomic E-state index is 0.128. The fraction of sp³-hybridized carbons (Fsp3) is 0.300. The van der Waals surface area contributed by atoms with Crippen LogP contribution >= 0.6 is 0 Å². The van der Waals surface area contributed by atoms with E-state index in [0.29, 0.717) is 22.7 Å². The maximum Gasteiger partial charge on any atom is 0.248 e. The Labute approximate surface area is 165 Å². The van der Waals surface area contributed by atoms with E-state index in [2.05, 4.69) is 5.32 Å². The molecule has 0 bridgehead atoms. The third kappa shape index (κ3) is 5.10. The maximum absolute atomic E-state index is 12.9. The van der Waals surface area contributed by atoms with Gasteiger partial charge in [0.2, 0.25) is 15.9 Å². The zero-order chi connectivity index (χ0) is 20.9. The largest absolute Gasteiger partial charge is 0.497 e. The van der Waals surface area contributed by atoms with E-state index in [-0.39, 0.29) is 12.2 Å². The van der Waals surface area contributed by atoms with Crippen molar-refractivity contribution in [3.8, 4) is 5.75 Å². The van der Waals surface area contributed by atoms with Gasteiger partial charge in [-0.25, -0.2) is 8.42 Å². The Morgan fingerprint density at radius 3 is 2.39 bits per heavy atom. The molecule has 0 aliphatic rings. The molecule has 0 fully saturated rings. The molecule has 0 aliphatic heterocycles. The molecule has 1 N–H and O–H groups in total. The average molecular weight is 404 g/mol. The second-order valence-corrected chi connectivity index (χ2v) is 8.17. The number of ketones is 1. The summed E-state index contributed by atoms with van der Waals surface area (Å²) in [6, 6.07) is 12.1. The van der Waals surface area contributed by atoms with Gasteiger partial charge in [0.1, 0.15) is 11.8 Å². The molecule has 1 atom stereocenters. The Balaban J connectivity index is 2.39. The topological polar surface area (TPSA) is 92.8 Å². The highest BCUT2D eigenvalue weighted by Gasteiger charge is 2.31. The van der Waals surface area contributed by atoms with Gasteiger partial charge in [0.05, 0.1) is 19.1 Å². The number of hydrogen-bond donors (Lipinski definition) is 1. The molecule has 0 spiro atoms. The summed E-state index contributed by atoms with van der Waals surface area (Å²) in [6.45, 7) is 3.17. The number of hydrogen-bond acceptors (Lipinski definition) is 5. The number of methoxy groups -OCH3 is 1. The molecule has 0 saturated carbocycles. The lowest BCUT2D eigenvalue weighted by Gasteiger charge is -2.30. The van der Waals surface area contributed by atoms with E-state index in [1.54, 1.807) is 55.5 Å². The Morgan fingerprint density at radius 2 is 1.82 bits per heavy atom. The van der Waals surface area contributed by atoms with Crippen molar-refractivity contribution in [1.82, 2.24) is 0 Å². The minimum Gasteiger partial charge on any atom is -0.497 e. The van der Waals surface area contributed by atoms with Crippen molar-refractivity contribution in [2.45, 2.75) is 26.3 Å². The van der Waals surface area contributed by atoms with E-state index in [9.17, 15) is 18.0 Å². The number of sulfonamides is 1. The van der Waals surface area contributed by atoms with Crippen molar-refractivity contribution in [2.24, 2.45) is 0 Å². The third-order valence-electron chi connectivity index (χ3n) is 4.17. The van der Waals surface area contributed by atoms with E-state index in [0.717, 1.165) is 10.6 Å². The summed E-state index contributed by atoms with van der Waals surface area (Å²) in [7, 11) is -2.27. The molecule has 8 heteroatoms. The number of carbonyl (C=O) groups is 2. The van der Waals surface area contributed by atoms with Crippen LogP contribution in [0, 0.1) is 0 Å². The second kappa shape index (κ2) is 8.88. The number of amides is 1. The molecule has 150 valence electrons. The first-order valence-electron chi connectivity index (χ1n) is 8.72. The summed E-state index contributed by atoms with van der Waals surface area (Å²) in [4.78, 5) is 24.5. The van der Waals surface area contributed by atoms with Gasteiger partial charge in [-0.1, -0.05) is 25.1 Å². The van der Waals surface area contributed by atoms with Crippen LogP contribution in [0.25, 0.3) is 0 Å². The molecule has 0 aliphatic carbocycles. The molecular formula is C20H24N2O5S. The smallest absolute Gasteiger partial charge is 0.248 e. The Morgan fingerprint density at radius 1 is 1.14 bits per heavy atom. The SMILES string of the molecule is CC[C@@H](C(=O)Nc1cccc(C(C)=O)c1)N(c1cccc(OC)c1)S(C)(=O)=O. The van der Waals surface area contributed by atoms with Gasteiger partial charge in [-0.05, 0) is 37.6 Å². The highest BCUT2D eigenvalue weighted by atomic mass is 32.2. The van der Waals surface area contributed by atoms with Gasteiger partial charge in [-0.3, -0.25) is 13.9 Å². The molecule has 28 heavy (non-hydrogen) atoms. The average Bonchev–Trinajstić information content (AvgIpc) is 2.65. The van der Waals surface area contributed by atoms with Crippen molar-refractivity contribution < 1.29 is 22.7 Å². The first kappa shape index (κ1) is 21.4. The van der Waals surface area contributed by atoms with Crippen molar-refractivity contribution in [2.75, 3.05) is 23.0 Å². The van der Waals surface area contributed by atoms with E-state index in [1.165, 1.54) is 14.0 Å². The first-order valence-corrected chi connectivity index (χ1v) is 10.6. The minimum atomic E-state index is -3.75. The van der Waals surface area contributed by atoms with Crippen molar-refractivity contribution in [3.63, 3.8) is 0 Å². The van der Waals surface area contributed by atoms with E-state index in [1.807, 2.05) is 0 Å². The number of ether oxygens (including phenoxy) is 1. The van der Waals surface area contributed by atoms with Gasteiger partial charge >= 0.3 is 0 Å².